The van der Waals surface area contributed by atoms with Gasteiger partial charge in [0.1, 0.15) is 6.04 Å². The van der Waals surface area contributed by atoms with E-state index in [1.807, 2.05) is 0 Å². The van der Waals surface area contributed by atoms with Crippen LogP contribution in [0.25, 0.3) is 0 Å². The van der Waals surface area contributed by atoms with Crippen molar-refractivity contribution in [2.45, 2.75) is 19.9 Å². The lowest BCUT2D eigenvalue weighted by atomic mass is 10.1. The Balaban J connectivity index is 3.29. The van der Waals surface area contributed by atoms with Crippen LogP contribution in [-0.4, -0.2) is 46.5 Å². The number of likely N-dealkylation sites (N-methyl/N-ethyl adjacent to an activating group) is 1. The van der Waals surface area contributed by atoms with Gasteiger partial charge in [0.25, 0.3) is 5.91 Å². The maximum Gasteiger partial charge on any atom is 0.326 e. The summed E-state index contributed by atoms with van der Waals surface area (Å²) >= 11 is 0. The van der Waals surface area contributed by atoms with Gasteiger partial charge in [-0.3, -0.25) is 14.9 Å². The molecular formula is C13H16N2O6. The monoisotopic (exact) mass is 296 g/mol. The summed E-state index contributed by atoms with van der Waals surface area (Å²) in [6, 6.07) is 2.88. The summed E-state index contributed by atoms with van der Waals surface area (Å²) in [5.74, 6) is -1.98. The van der Waals surface area contributed by atoms with E-state index in [0.29, 0.717) is 0 Å². The van der Waals surface area contributed by atoms with Gasteiger partial charge in [0.15, 0.2) is 0 Å². The minimum absolute atomic E-state index is 0.0401. The van der Waals surface area contributed by atoms with Crippen molar-refractivity contribution < 1.29 is 24.4 Å². The fraction of sp³-hybridized carbons (Fsp3) is 0.385. The molecule has 0 fully saturated rings. The highest BCUT2D eigenvalue weighted by Gasteiger charge is 2.28. The lowest BCUT2D eigenvalue weighted by Gasteiger charge is -2.22. The Morgan fingerprint density at radius 3 is 2.57 bits per heavy atom. The van der Waals surface area contributed by atoms with Crippen molar-refractivity contribution in [2.75, 3.05) is 13.7 Å². The van der Waals surface area contributed by atoms with Gasteiger partial charge in [-0.25, -0.2) is 4.79 Å². The summed E-state index contributed by atoms with van der Waals surface area (Å²) in [6.07, 6.45) is 0. The second-order valence-corrected chi connectivity index (χ2v) is 4.27. The molecule has 0 spiro atoms. The minimum atomic E-state index is -1.17. The van der Waals surface area contributed by atoms with Gasteiger partial charge < -0.3 is 14.7 Å². The van der Waals surface area contributed by atoms with Crippen LogP contribution in [0.5, 0.6) is 5.75 Å². The van der Waals surface area contributed by atoms with Crippen LogP contribution in [0.4, 0.5) is 5.69 Å². The highest BCUT2D eigenvalue weighted by atomic mass is 16.6. The number of hydrogen-bond acceptors (Lipinski definition) is 5. The average Bonchev–Trinajstić information content (AvgIpc) is 2.45. The lowest BCUT2D eigenvalue weighted by molar-refractivity contribution is -0.385. The normalized spacial score (nSPS) is 11.6. The molecule has 114 valence electrons. The molecule has 8 heteroatoms. The molecule has 8 nitrogen and oxygen atoms in total. The topological polar surface area (TPSA) is 110 Å². The first-order valence-corrected chi connectivity index (χ1v) is 6.21. The molecule has 1 amide bonds. The summed E-state index contributed by atoms with van der Waals surface area (Å²) in [5, 5.41) is 19.9. The van der Waals surface area contributed by atoms with Crippen LogP contribution >= 0.6 is 0 Å². The molecule has 0 heterocycles. The van der Waals surface area contributed by atoms with Gasteiger partial charge in [-0.15, -0.1) is 0 Å². The molecule has 21 heavy (non-hydrogen) atoms. The lowest BCUT2D eigenvalue weighted by Crippen LogP contribution is -2.40. The summed E-state index contributed by atoms with van der Waals surface area (Å²) in [4.78, 5) is 34.6. The Labute approximate surface area is 121 Å². The molecule has 0 aliphatic heterocycles. The van der Waals surface area contributed by atoms with E-state index in [1.165, 1.54) is 32.2 Å². The van der Waals surface area contributed by atoms with Crippen molar-refractivity contribution in [3.63, 3.8) is 0 Å². The number of carboxylic acid groups (broad SMARTS) is 1. The van der Waals surface area contributed by atoms with Crippen LogP contribution in [0, 0.1) is 10.1 Å². The maximum atomic E-state index is 12.3. The summed E-state index contributed by atoms with van der Waals surface area (Å²) in [7, 11) is 1.32. The Morgan fingerprint density at radius 2 is 2.10 bits per heavy atom. The first kappa shape index (κ1) is 16.4. The average molecular weight is 296 g/mol. The highest BCUT2D eigenvalue weighted by Crippen LogP contribution is 2.31. The molecule has 0 bridgehead atoms. The Morgan fingerprint density at radius 1 is 1.48 bits per heavy atom. The van der Waals surface area contributed by atoms with Crippen LogP contribution < -0.4 is 4.74 Å². The van der Waals surface area contributed by atoms with E-state index in [1.54, 1.807) is 6.92 Å². The number of nitro benzene ring substituents is 1. The molecule has 0 saturated heterocycles. The summed E-state index contributed by atoms with van der Waals surface area (Å²) in [5.41, 5.74) is -0.374. The van der Waals surface area contributed by atoms with Gasteiger partial charge >= 0.3 is 11.7 Å². The second kappa shape index (κ2) is 6.69. The van der Waals surface area contributed by atoms with E-state index >= 15 is 0 Å². The van der Waals surface area contributed by atoms with Gasteiger partial charge in [0.05, 0.1) is 17.1 Å². The smallest absolute Gasteiger partial charge is 0.326 e. The number of rotatable bonds is 6. The predicted molar refractivity (Wildman–Crippen MR) is 73.5 cm³/mol. The van der Waals surface area contributed by atoms with Crippen LogP contribution in [0.1, 0.15) is 24.2 Å². The van der Waals surface area contributed by atoms with E-state index in [4.69, 9.17) is 9.84 Å². The number of ether oxygens (including phenoxy) is 1. The van der Waals surface area contributed by atoms with Gasteiger partial charge in [0.2, 0.25) is 5.75 Å². The molecule has 1 rings (SSSR count). The number of carbonyl (C=O) groups is 2. The van der Waals surface area contributed by atoms with Crippen LogP contribution in [0.15, 0.2) is 18.2 Å². The first-order valence-electron chi connectivity index (χ1n) is 6.21. The van der Waals surface area contributed by atoms with Crippen LogP contribution in [0.3, 0.4) is 0 Å². The van der Waals surface area contributed by atoms with E-state index < -0.39 is 22.8 Å². The minimum Gasteiger partial charge on any atom is -0.487 e. The zero-order valence-electron chi connectivity index (χ0n) is 11.9. The second-order valence-electron chi connectivity index (χ2n) is 4.27. The van der Waals surface area contributed by atoms with Crippen molar-refractivity contribution in [1.29, 1.82) is 0 Å². The fourth-order valence-electron chi connectivity index (χ4n) is 1.66. The Bertz CT molecular complexity index is 572. The Kier molecular flexibility index (Phi) is 5.23. The van der Waals surface area contributed by atoms with Gasteiger partial charge in [-0.2, -0.15) is 0 Å². The number of nitrogens with zero attached hydrogens (tertiary/aromatic N) is 2. The predicted octanol–water partition coefficient (Wildman–Crippen LogP) is 1.54. The molecule has 1 unspecified atom stereocenters. The number of para-hydroxylation sites is 1. The molecule has 1 aromatic rings. The van der Waals surface area contributed by atoms with Crippen molar-refractivity contribution in [2.24, 2.45) is 0 Å². The third-order valence-corrected chi connectivity index (χ3v) is 2.97. The molecule has 1 N–H and O–H groups in total. The molecule has 0 aliphatic rings. The molecule has 0 aliphatic carbocycles. The van der Waals surface area contributed by atoms with Crippen molar-refractivity contribution in [3.05, 3.63) is 33.9 Å². The van der Waals surface area contributed by atoms with Crippen molar-refractivity contribution in [1.82, 2.24) is 4.90 Å². The third kappa shape index (κ3) is 3.47. The van der Waals surface area contributed by atoms with E-state index in [9.17, 15) is 19.7 Å². The van der Waals surface area contributed by atoms with Gasteiger partial charge in [0, 0.05) is 13.1 Å². The summed E-state index contributed by atoms with van der Waals surface area (Å²) in [6.45, 7) is 3.12. The zero-order chi connectivity index (χ0) is 16.2. The fourth-order valence-corrected chi connectivity index (χ4v) is 1.66. The van der Waals surface area contributed by atoms with E-state index in [-0.39, 0.29) is 23.6 Å². The van der Waals surface area contributed by atoms with Crippen molar-refractivity contribution >= 4 is 17.6 Å². The van der Waals surface area contributed by atoms with Crippen molar-refractivity contribution in [3.8, 4) is 5.75 Å². The largest absolute Gasteiger partial charge is 0.487 e. The van der Waals surface area contributed by atoms with E-state index in [2.05, 4.69) is 0 Å². The standard InChI is InChI=1S/C13H16N2O6/c1-4-21-11-9(6-5-7-10(11)15(19)20)12(16)14(3)8(2)13(17)18/h5-8H,4H2,1-3H3,(H,17,18). The number of nitro groups is 1. The molecule has 1 atom stereocenters. The maximum absolute atomic E-state index is 12.3. The zero-order valence-corrected chi connectivity index (χ0v) is 11.9. The number of aliphatic carboxylic acids is 1. The molecule has 0 radical (unpaired) electrons. The third-order valence-electron chi connectivity index (χ3n) is 2.97. The number of benzene rings is 1. The molecular weight excluding hydrogens is 280 g/mol. The number of carbonyl (C=O) groups excluding carboxylic acids is 1. The van der Waals surface area contributed by atoms with Gasteiger partial charge in [-0.1, -0.05) is 6.07 Å². The quantitative estimate of drug-likeness (QED) is 0.629. The number of carboxylic acids is 1. The van der Waals surface area contributed by atoms with Gasteiger partial charge in [-0.05, 0) is 19.9 Å². The van der Waals surface area contributed by atoms with E-state index in [0.717, 1.165) is 4.90 Å². The number of hydrogen-bond donors (Lipinski definition) is 1. The Hall–Kier alpha value is -2.64. The van der Waals surface area contributed by atoms with Crippen LogP contribution in [-0.2, 0) is 4.79 Å². The SMILES string of the molecule is CCOc1c(C(=O)N(C)C(C)C(=O)O)cccc1[N+](=O)[O-]. The first-order chi connectivity index (χ1) is 9.81. The number of amides is 1. The highest BCUT2D eigenvalue weighted by molar-refractivity contribution is 5.99. The molecule has 1 aromatic carbocycles. The van der Waals surface area contributed by atoms with Crippen LogP contribution in [0.2, 0.25) is 0 Å². The molecule has 0 aromatic heterocycles. The molecule has 0 saturated carbocycles. The summed E-state index contributed by atoms with van der Waals surface area (Å²) < 4.78 is 5.20.